The predicted octanol–water partition coefficient (Wildman–Crippen LogP) is 4.09. The molecule has 6 nitrogen and oxygen atoms in total. The Morgan fingerprint density at radius 3 is 2.68 bits per heavy atom. The molecule has 0 aromatic heterocycles. The maximum atomic E-state index is 11.3. The van der Waals surface area contributed by atoms with Crippen molar-refractivity contribution in [2.45, 2.75) is 57.5 Å². The van der Waals surface area contributed by atoms with E-state index < -0.39 is 10.3 Å². The summed E-state index contributed by atoms with van der Waals surface area (Å²) >= 11 is 0. The summed E-state index contributed by atoms with van der Waals surface area (Å²) in [5, 5.41) is 0. The van der Waals surface area contributed by atoms with Crippen molar-refractivity contribution in [1.82, 2.24) is 0 Å². The Bertz CT molecular complexity index is 910. The number of fused-ring (bicyclic) bond motifs is 5. The first-order valence-corrected chi connectivity index (χ1v) is 11.5. The number of methoxy groups -OCH3 is 2. The van der Waals surface area contributed by atoms with Gasteiger partial charge in [0.25, 0.3) is 0 Å². The van der Waals surface area contributed by atoms with E-state index in [0.29, 0.717) is 23.3 Å². The summed E-state index contributed by atoms with van der Waals surface area (Å²) in [7, 11) is -0.999. The van der Waals surface area contributed by atoms with Crippen LogP contribution in [0, 0.1) is 11.3 Å². The Kier molecular flexibility index (Phi) is 4.96. The standard InChI is InChI=1S/C21H29NO5S/c1-4-21-10-9-14-15(17(21)7-8-20(21)27-3)6-5-13-11-18(22-28(23,24)25)19(26-2)12-16(13)14/h7,11-12,14-15,20,22H,4-6,8-10H2,1-3H3,(H,23,24,25)/t14-,15+,20+,21-/m0/s1. The SMILES string of the molecule is CC[C@]12CC[C@@H]3c4cc(OC)c(NS(=O)(=O)O)cc4CC[C@H]3C1=CC[C@H]2OC. The zero-order chi connectivity index (χ0) is 20.1. The molecule has 2 N–H and O–H groups in total. The zero-order valence-corrected chi connectivity index (χ0v) is 17.5. The summed E-state index contributed by atoms with van der Waals surface area (Å²) in [5.74, 6) is 1.37. The van der Waals surface area contributed by atoms with Crippen molar-refractivity contribution in [3.05, 3.63) is 34.9 Å². The molecule has 3 aliphatic rings. The van der Waals surface area contributed by atoms with Gasteiger partial charge >= 0.3 is 10.3 Å². The van der Waals surface area contributed by atoms with Crippen LogP contribution in [-0.4, -0.2) is 33.3 Å². The van der Waals surface area contributed by atoms with E-state index in [4.69, 9.17) is 9.47 Å². The molecule has 154 valence electrons. The molecule has 0 amide bonds. The minimum absolute atomic E-state index is 0.171. The summed E-state index contributed by atoms with van der Waals surface area (Å²) < 4.78 is 45.2. The fourth-order valence-corrected chi connectivity index (χ4v) is 6.50. The van der Waals surface area contributed by atoms with Crippen LogP contribution in [0.3, 0.4) is 0 Å². The van der Waals surface area contributed by atoms with E-state index in [0.717, 1.165) is 44.1 Å². The van der Waals surface area contributed by atoms with Gasteiger partial charge in [-0.25, -0.2) is 0 Å². The summed E-state index contributed by atoms with van der Waals surface area (Å²) in [4.78, 5) is 0. The summed E-state index contributed by atoms with van der Waals surface area (Å²) in [6, 6.07) is 3.78. The first-order chi connectivity index (χ1) is 13.3. The second kappa shape index (κ2) is 7.04. The van der Waals surface area contributed by atoms with E-state index >= 15 is 0 Å². The van der Waals surface area contributed by atoms with Gasteiger partial charge in [0.2, 0.25) is 0 Å². The van der Waals surface area contributed by atoms with E-state index in [9.17, 15) is 13.0 Å². The normalized spacial score (nSPS) is 31.4. The summed E-state index contributed by atoms with van der Waals surface area (Å²) in [5.41, 5.74) is 4.42. The van der Waals surface area contributed by atoms with E-state index in [2.05, 4.69) is 17.7 Å². The van der Waals surface area contributed by atoms with Crippen LogP contribution in [0.25, 0.3) is 0 Å². The molecule has 1 aromatic rings. The molecule has 0 heterocycles. The Morgan fingerprint density at radius 2 is 2.04 bits per heavy atom. The minimum atomic E-state index is -4.34. The molecule has 1 aromatic carbocycles. The Hall–Kier alpha value is -1.57. The Morgan fingerprint density at radius 1 is 1.25 bits per heavy atom. The average Bonchev–Trinajstić information content (AvgIpc) is 3.05. The number of hydrogen-bond acceptors (Lipinski definition) is 4. The lowest BCUT2D eigenvalue weighted by molar-refractivity contribution is -0.00428. The second-order valence-corrected chi connectivity index (χ2v) is 9.40. The smallest absolute Gasteiger partial charge is 0.357 e. The fourth-order valence-electron chi connectivity index (χ4n) is 6.07. The van der Waals surface area contributed by atoms with Crippen molar-refractivity contribution in [2.75, 3.05) is 18.9 Å². The first-order valence-electron chi connectivity index (χ1n) is 10.0. The molecule has 0 bridgehead atoms. The molecule has 4 rings (SSSR count). The number of hydrogen-bond donors (Lipinski definition) is 2. The minimum Gasteiger partial charge on any atom is -0.495 e. The monoisotopic (exact) mass is 407 g/mol. The van der Waals surface area contributed by atoms with Crippen LogP contribution < -0.4 is 9.46 Å². The van der Waals surface area contributed by atoms with Gasteiger partial charge in [-0.05, 0) is 73.6 Å². The number of aryl methyl sites for hydroxylation is 1. The molecule has 0 aliphatic heterocycles. The fraction of sp³-hybridized carbons (Fsp3) is 0.619. The first kappa shape index (κ1) is 19.7. The van der Waals surface area contributed by atoms with Gasteiger partial charge in [-0.15, -0.1) is 0 Å². The number of rotatable bonds is 5. The number of nitrogens with one attached hydrogen (secondary N) is 1. The Balaban J connectivity index is 1.71. The van der Waals surface area contributed by atoms with Crippen molar-refractivity contribution < 1.29 is 22.4 Å². The number of benzene rings is 1. The third-order valence-electron chi connectivity index (χ3n) is 7.27. The van der Waals surface area contributed by atoms with Gasteiger partial charge in [0, 0.05) is 12.5 Å². The van der Waals surface area contributed by atoms with Crippen molar-refractivity contribution in [2.24, 2.45) is 11.3 Å². The highest BCUT2D eigenvalue weighted by Gasteiger charge is 2.52. The molecule has 4 atom stereocenters. The highest BCUT2D eigenvalue weighted by atomic mass is 32.2. The maximum Gasteiger partial charge on any atom is 0.357 e. The third-order valence-corrected chi connectivity index (χ3v) is 7.75. The van der Waals surface area contributed by atoms with Gasteiger partial charge in [0.1, 0.15) is 5.75 Å². The lowest BCUT2D eigenvalue weighted by atomic mass is 9.56. The van der Waals surface area contributed by atoms with E-state index in [1.807, 2.05) is 19.2 Å². The van der Waals surface area contributed by atoms with Gasteiger partial charge in [0.05, 0.1) is 18.9 Å². The van der Waals surface area contributed by atoms with Crippen LogP contribution in [0.5, 0.6) is 5.75 Å². The highest BCUT2D eigenvalue weighted by Crippen LogP contribution is 2.61. The lowest BCUT2D eigenvalue weighted by Crippen LogP contribution is -2.42. The van der Waals surface area contributed by atoms with Crippen molar-refractivity contribution in [1.29, 1.82) is 0 Å². The van der Waals surface area contributed by atoms with E-state index in [-0.39, 0.29) is 11.5 Å². The summed E-state index contributed by atoms with van der Waals surface area (Å²) in [6.07, 6.45) is 8.95. The van der Waals surface area contributed by atoms with E-state index in [1.54, 1.807) is 5.57 Å². The molecule has 1 fully saturated rings. The molecular formula is C21H29NO5S. The predicted molar refractivity (Wildman–Crippen MR) is 108 cm³/mol. The molecular weight excluding hydrogens is 378 g/mol. The van der Waals surface area contributed by atoms with Gasteiger partial charge in [-0.1, -0.05) is 18.6 Å². The zero-order valence-electron chi connectivity index (χ0n) is 16.7. The molecule has 3 aliphatic carbocycles. The average molecular weight is 408 g/mol. The number of ether oxygens (including phenoxy) is 2. The second-order valence-electron chi connectivity index (χ2n) is 8.25. The third kappa shape index (κ3) is 3.04. The molecule has 28 heavy (non-hydrogen) atoms. The van der Waals surface area contributed by atoms with Crippen LogP contribution >= 0.6 is 0 Å². The quantitative estimate of drug-likeness (QED) is 0.567. The largest absolute Gasteiger partial charge is 0.495 e. The van der Waals surface area contributed by atoms with Crippen LogP contribution in [0.2, 0.25) is 0 Å². The summed E-state index contributed by atoms with van der Waals surface area (Å²) in [6.45, 7) is 2.28. The molecule has 0 unspecified atom stereocenters. The van der Waals surface area contributed by atoms with Gasteiger partial charge < -0.3 is 9.47 Å². The van der Waals surface area contributed by atoms with Crippen molar-refractivity contribution in [3.63, 3.8) is 0 Å². The molecule has 1 saturated carbocycles. The molecule has 0 saturated heterocycles. The van der Waals surface area contributed by atoms with Crippen molar-refractivity contribution in [3.8, 4) is 5.75 Å². The molecule has 0 spiro atoms. The topological polar surface area (TPSA) is 84.9 Å². The van der Waals surface area contributed by atoms with E-state index in [1.165, 1.54) is 12.7 Å². The highest BCUT2D eigenvalue weighted by molar-refractivity contribution is 7.87. The van der Waals surface area contributed by atoms with Gasteiger partial charge in [-0.3, -0.25) is 9.27 Å². The van der Waals surface area contributed by atoms with Crippen LogP contribution in [0.15, 0.2) is 23.8 Å². The number of anilines is 1. The maximum absolute atomic E-state index is 11.3. The van der Waals surface area contributed by atoms with Gasteiger partial charge in [0.15, 0.2) is 0 Å². The molecule has 7 heteroatoms. The lowest BCUT2D eigenvalue weighted by Gasteiger charge is -2.49. The van der Waals surface area contributed by atoms with Crippen LogP contribution in [0.1, 0.15) is 56.1 Å². The van der Waals surface area contributed by atoms with Crippen molar-refractivity contribution >= 4 is 16.0 Å². The molecule has 0 radical (unpaired) electrons. The van der Waals surface area contributed by atoms with Crippen LogP contribution in [0.4, 0.5) is 5.69 Å². The van der Waals surface area contributed by atoms with Crippen LogP contribution in [-0.2, 0) is 21.5 Å². The van der Waals surface area contributed by atoms with Gasteiger partial charge in [-0.2, -0.15) is 8.42 Å². The Labute approximate surface area is 167 Å².